The SMILES string of the molecule is CC(C)(C)OC(=O)N1CC=C(c2cc3c([N+]45CCN(CC4)CC5)ncnc3[nH]2)CC1.[Cl-]. The van der Waals surface area contributed by atoms with Gasteiger partial charge in [0.25, 0.3) is 0 Å². The van der Waals surface area contributed by atoms with E-state index >= 15 is 0 Å². The van der Waals surface area contributed by atoms with Crippen LogP contribution in [0.25, 0.3) is 16.6 Å². The number of carbonyl (C=O) groups excluding carboxylic acids is 1. The van der Waals surface area contributed by atoms with Crippen LogP contribution in [0.5, 0.6) is 0 Å². The minimum atomic E-state index is -0.472. The van der Waals surface area contributed by atoms with E-state index in [0.717, 1.165) is 72.7 Å². The van der Waals surface area contributed by atoms with Gasteiger partial charge in [0.05, 0.1) is 19.6 Å². The topological polar surface area (TPSA) is 74.3 Å². The minimum Gasteiger partial charge on any atom is -1.00 e. The highest BCUT2D eigenvalue weighted by Gasteiger charge is 2.42. The van der Waals surface area contributed by atoms with Crippen molar-refractivity contribution in [3.63, 3.8) is 0 Å². The second-order valence-corrected chi connectivity index (χ2v) is 9.71. The van der Waals surface area contributed by atoms with Gasteiger partial charge in [-0.3, -0.25) is 9.38 Å². The molecule has 168 valence electrons. The highest BCUT2D eigenvalue weighted by Crippen LogP contribution is 2.35. The standard InChI is InChI=1S/C22H31N6O2.ClH/c1-22(2,3)30-21(29)27-6-4-16(5-7-27)18-14-17-19(25-18)23-15-24-20(17)28-11-8-26(9-12-28)10-13-28;/h4,14-15H,5-13H2,1-3H3,(H,23,24,25);1H/q+1;/p-1. The lowest BCUT2D eigenvalue weighted by Crippen LogP contribution is -3.00. The van der Waals surface area contributed by atoms with Gasteiger partial charge < -0.3 is 27.0 Å². The van der Waals surface area contributed by atoms with Crippen LogP contribution in [0, 0.1) is 0 Å². The zero-order chi connectivity index (χ0) is 20.9. The van der Waals surface area contributed by atoms with E-state index in [1.807, 2.05) is 20.8 Å². The van der Waals surface area contributed by atoms with E-state index in [0.29, 0.717) is 13.1 Å². The number of hydrogen-bond donors (Lipinski definition) is 1. The number of nitrogens with zero attached hydrogens (tertiary/aromatic N) is 5. The average Bonchev–Trinajstić information content (AvgIpc) is 3.18. The Morgan fingerprint density at radius 1 is 1.13 bits per heavy atom. The Morgan fingerprint density at radius 3 is 2.45 bits per heavy atom. The van der Waals surface area contributed by atoms with E-state index in [1.165, 1.54) is 5.57 Å². The van der Waals surface area contributed by atoms with E-state index in [9.17, 15) is 4.79 Å². The molecule has 9 heteroatoms. The van der Waals surface area contributed by atoms with Crippen molar-refractivity contribution < 1.29 is 21.9 Å². The number of aromatic amines is 1. The number of carbonyl (C=O) groups is 1. The van der Waals surface area contributed by atoms with Crippen molar-refractivity contribution in [3.05, 3.63) is 24.2 Å². The molecule has 4 aliphatic heterocycles. The number of ether oxygens (including phenoxy) is 1. The molecule has 0 aromatic carbocycles. The van der Waals surface area contributed by atoms with Gasteiger partial charge in [-0.15, -0.1) is 0 Å². The first-order valence-corrected chi connectivity index (χ1v) is 10.9. The van der Waals surface area contributed by atoms with E-state index in [2.05, 4.69) is 27.0 Å². The summed E-state index contributed by atoms with van der Waals surface area (Å²) in [6.45, 7) is 13.7. The molecule has 3 saturated heterocycles. The quantitative estimate of drug-likeness (QED) is 0.637. The molecule has 0 radical (unpaired) electrons. The van der Waals surface area contributed by atoms with Gasteiger partial charge in [0.15, 0.2) is 0 Å². The van der Waals surface area contributed by atoms with Crippen molar-refractivity contribution in [2.24, 2.45) is 0 Å². The molecule has 1 amide bonds. The second kappa shape index (κ2) is 8.07. The molecule has 4 aliphatic rings. The molecule has 8 nitrogen and oxygen atoms in total. The molecule has 2 aromatic heterocycles. The van der Waals surface area contributed by atoms with Crippen molar-refractivity contribution in [1.82, 2.24) is 29.2 Å². The first kappa shape index (κ1) is 22.0. The van der Waals surface area contributed by atoms with Crippen LogP contribution in [0.2, 0.25) is 0 Å². The van der Waals surface area contributed by atoms with E-state index < -0.39 is 5.60 Å². The van der Waals surface area contributed by atoms with Crippen molar-refractivity contribution >= 4 is 28.5 Å². The number of halogens is 1. The zero-order valence-corrected chi connectivity index (χ0v) is 19.3. The highest BCUT2D eigenvalue weighted by atomic mass is 35.5. The Kier molecular flexibility index (Phi) is 5.74. The number of piperazine rings is 3. The summed E-state index contributed by atoms with van der Waals surface area (Å²) in [5.74, 6) is 1.16. The Hall–Kier alpha value is -2.16. The third-order valence-electron chi connectivity index (χ3n) is 6.59. The predicted molar refractivity (Wildman–Crippen MR) is 117 cm³/mol. The largest absolute Gasteiger partial charge is 1.00 e. The van der Waals surface area contributed by atoms with Crippen LogP contribution >= 0.6 is 0 Å². The summed E-state index contributed by atoms with van der Waals surface area (Å²) in [5, 5.41) is 1.14. The monoisotopic (exact) mass is 446 g/mol. The van der Waals surface area contributed by atoms with E-state index in [-0.39, 0.29) is 18.5 Å². The predicted octanol–water partition coefficient (Wildman–Crippen LogP) is -0.377. The summed E-state index contributed by atoms with van der Waals surface area (Å²) in [6.07, 6.45) is 4.37. The summed E-state index contributed by atoms with van der Waals surface area (Å²) in [4.78, 5) is 29.4. The minimum absolute atomic E-state index is 0. The van der Waals surface area contributed by atoms with Crippen LogP contribution < -0.4 is 16.9 Å². The molecule has 0 aliphatic carbocycles. The molecule has 31 heavy (non-hydrogen) atoms. The van der Waals surface area contributed by atoms with Gasteiger partial charge in [0.2, 0.25) is 5.82 Å². The lowest BCUT2D eigenvalue weighted by atomic mass is 10.0. The van der Waals surface area contributed by atoms with Gasteiger partial charge in [0.1, 0.15) is 23.0 Å². The van der Waals surface area contributed by atoms with Gasteiger partial charge >= 0.3 is 6.09 Å². The lowest BCUT2D eigenvalue weighted by Gasteiger charge is -2.49. The van der Waals surface area contributed by atoms with Crippen molar-refractivity contribution in [2.75, 3.05) is 52.4 Å². The molecular formula is C22H31ClN6O2. The Balaban J connectivity index is 0.00000231. The molecule has 3 fully saturated rings. The fourth-order valence-corrected chi connectivity index (χ4v) is 4.87. The normalized spacial score (nSPS) is 25.8. The fraction of sp³-hybridized carbons (Fsp3) is 0.591. The summed E-state index contributed by atoms with van der Waals surface area (Å²) >= 11 is 0. The maximum absolute atomic E-state index is 12.3. The number of nitrogens with one attached hydrogen (secondary N) is 1. The van der Waals surface area contributed by atoms with Crippen molar-refractivity contribution in [2.45, 2.75) is 32.8 Å². The number of rotatable bonds is 2. The molecule has 0 unspecified atom stereocenters. The Labute approximate surface area is 189 Å². The second-order valence-electron chi connectivity index (χ2n) is 9.71. The van der Waals surface area contributed by atoms with Gasteiger partial charge in [-0.25, -0.2) is 9.78 Å². The van der Waals surface area contributed by atoms with Crippen molar-refractivity contribution in [3.8, 4) is 0 Å². The first-order valence-electron chi connectivity index (χ1n) is 10.9. The number of quaternary nitrogens is 1. The summed E-state index contributed by atoms with van der Waals surface area (Å²) in [7, 11) is 0. The van der Waals surface area contributed by atoms with E-state index in [1.54, 1.807) is 11.2 Å². The van der Waals surface area contributed by atoms with Gasteiger partial charge in [-0.1, -0.05) is 6.08 Å². The van der Waals surface area contributed by atoms with Gasteiger partial charge in [-0.2, -0.15) is 4.98 Å². The molecule has 2 aromatic rings. The molecule has 0 atom stereocenters. The van der Waals surface area contributed by atoms with Crippen molar-refractivity contribution in [1.29, 1.82) is 0 Å². The summed E-state index contributed by atoms with van der Waals surface area (Å²) < 4.78 is 6.47. The van der Waals surface area contributed by atoms with Crippen LogP contribution in [0.1, 0.15) is 32.9 Å². The number of aromatic nitrogens is 3. The van der Waals surface area contributed by atoms with Crippen LogP contribution in [-0.4, -0.2) is 88.8 Å². The number of H-pyrrole nitrogens is 1. The maximum atomic E-state index is 12.3. The molecule has 2 bridgehead atoms. The number of amides is 1. The third kappa shape index (κ3) is 4.16. The van der Waals surface area contributed by atoms with Crippen LogP contribution in [0.15, 0.2) is 18.5 Å². The molecule has 0 saturated carbocycles. The first-order chi connectivity index (χ1) is 14.3. The molecule has 0 spiro atoms. The van der Waals surface area contributed by atoms with Gasteiger partial charge in [0, 0.05) is 38.4 Å². The average molecular weight is 447 g/mol. The zero-order valence-electron chi connectivity index (χ0n) is 18.5. The smallest absolute Gasteiger partial charge is 0.410 e. The highest BCUT2D eigenvalue weighted by molar-refractivity contribution is 5.90. The van der Waals surface area contributed by atoms with Crippen LogP contribution in [0.4, 0.5) is 10.6 Å². The van der Waals surface area contributed by atoms with Crippen LogP contribution in [0.3, 0.4) is 0 Å². The molecule has 1 N–H and O–H groups in total. The summed E-state index contributed by atoms with van der Waals surface area (Å²) in [6, 6.07) is 2.22. The molecule has 6 heterocycles. The third-order valence-corrected chi connectivity index (χ3v) is 6.59. The Bertz CT molecular complexity index is 989. The molecule has 6 rings (SSSR count). The van der Waals surface area contributed by atoms with Gasteiger partial charge in [-0.05, 0) is 38.8 Å². The maximum Gasteiger partial charge on any atom is 0.410 e. The molecular weight excluding hydrogens is 416 g/mol. The summed E-state index contributed by atoms with van der Waals surface area (Å²) in [5.41, 5.74) is 2.75. The number of fused-ring (bicyclic) bond motifs is 4. The van der Waals surface area contributed by atoms with E-state index in [4.69, 9.17) is 9.72 Å². The van der Waals surface area contributed by atoms with Crippen LogP contribution in [-0.2, 0) is 4.74 Å². The Morgan fingerprint density at radius 2 is 1.84 bits per heavy atom. The fourth-order valence-electron chi connectivity index (χ4n) is 4.87. The number of hydrogen-bond acceptors (Lipinski definition) is 5. The lowest BCUT2D eigenvalue weighted by molar-refractivity contribution is -0.0000457.